The molecular weight excluding hydrogens is 182 g/mol. The van der Waals surface area contributed by atoms with E-state index in [-0.39, 0.29) is 11.9 Å². The predicted octanol–water partition coefficient (Wildman–Crippen LogP) is 1.07. The Kier molecular flexibility index (Phi) is 2.58. The lowest BCUT2D eigenvalue weighted by atomic mass is 9.99. The van der Waals surface area contributed by atoms with Crippen LogP contribution in [0.15, 0.2) is 4.42 Å². The van der Waals surface area contributed by atoms with Crippen LogP contribution in [-0.4, -0.2) is 16.5 Å². The van der Waals surface area contributed by atoms with Crippen molar-refractivity contribution in [1.29, 1.82) is 0 Å². The average Bonchev–Trinajstić information content (AvgIpc) is 2.88. The van der Waals surface area contributed by atoms with Crippen molar-refractivity contribution in [3.8, 4) is 0 Å². The van der Waals surface area contributed by atoms with Gasteiger partial charge in [-0.1, -0.05) is 12.8 Å². The summed E-state index contributed by atoms with van der Waals surface area (Å²) in [6, 6.07) is -0.210. The van der Waals surface area contributed by atoms with Crippen LogP contribution >= 0.6 is 0 Å². The summed E-state index contributed by atoms with van der Waals surface area (Å²) in [5.74, 6) is 0.822. The molecule has 0 saturated heterocycles. The summed E-state index contributed by atoms with van der Waals surface area (Å²) in [7, 11) is 0. The highest BCUT2D eigenvalue weighted by Crippen LogP contribution is 2.33. The van der Waals surface area contributed by atoms with E-state index >= 15 is 0 Å². The summed E-state index contributed by atoms with van der Waals surface area (Å²) in [5, 5.41) is 7.32. The lowest BCUT2D eigenvalue weighted by molar-refractivity contribution is 0.109. The molecule has 1 atom stereocenters. The Hall–Kier alpha value is -1.23. The maximum atomic E-state index is 10.3. The molecule has 2 N–H and O–H groups in total. The number of hydrogen-bond donors (Lipinski definition) is 1. The average molecular weight is 195 g/mol. The normalized spacial score (nSPS) is 19.8. The summed E-state index contributed by atoms with van der Waals surface area (Å²) >= 11 is 0. The molecule has 1 aliphatic carbocycles. The third kappa shape index (κ3) is 1.68. The molecule has 0 bridgehead atoms. The van der Waals surface area contributed by atoms with Gasteiger partial charge in [0.15, 0.2) is 0 Å². The largest absolute Gasteiger partial charge is 0.417 e. The Bertz CT molecular complexity index is 318. The molecule has 14 heavy (non-hydrogen) atoms. The lowest BCUT2D eigenvalue weighted by Gasteiger charge is -2.13. The fourth-order valence-electron chi connectivity index (χ4n) is 1.95. The van der Waals surface area contributed by atoms with Gasteiger partial charge in [-0.25, -0.2) is 0 Å². The number of aldehydes is 1. The van der Waals surface area contributed by atoms with Crippen molar-refractivity contribution in [1.82, 2.24) is 10.2 Å². The maximum absolute atomic E-state index is 10.3. The van der Waals surface area contributed by atoms with Crippen molar-refractivity contribution < 1.29 is 9.21 Å². The predicted molar refractivity (Wildman–Crippen MR) is 48.6 cm³/mol. The summed E-state index contributed by atoms with van der Waals surface area (Å²) < 4.78 is 5.09. The van der Waals surface area contributed by atoms with Gasteiger partial charge in [0.1, 0.15) is 0 Å². The number of rotatable bonds is 3. The fraction of sp³-hybridized carbons (Fsp3) is 0.667. The van der Waals surface area contributed by atoms with Gasteiger partial charge in [0.2, 0.25) is 12.2 Å². The molecule has 5 nitrogen and oxygen atoms in total. The summed E-state index contributed by atoms with van der Waals surface area (Å²) in [6.45, 7) is 0. The van der Waals surface area contributed by atoms with Crippen molar-refractivity contribution in [2.45, 2.75) is 31.7 Å². The Morgan fingerprint density at radius 3 is 2.71 bits per heavy atom. The van der Waals surface area contributed by atoms with E-state index < -0.39 is 0 Å². The highest BCUT2D eigenvalue weighted by molar-refractivity contribution is 5.66. The molecule has 1 aromatic heterocycles. The van der Waals surface area contributed by atoms with Crippen molar-refractivity contribution in [3.63, 3.8) is 0 Å². The lowest BCUT2D eigenvalue weighted by Crippen LogP contribution is -2.19. The second kappa shape index (κ2) is 3.88. The fourth-order valence-corrected chi connectivity index (χ4v) is 1.95. The molecule has 2 rings (SSSR count). The van der Waals surface area contributed by atoms with E-state index in [1.54, 1.807) is 0 Å². The molecule has 0 aliphatic heterocycles. The zero-order chi connectivity index (χ0) is 9.97. The molecule has 76 valence electrons. The molecule has 1 heterocycles. The van der Waals surface area contributed by atoms with E-state index in [9.17, 15) is 4.79 Å². The van der Waals surface area contributed by atoms with Gasteiger partial charge in [-0.15, -0.1) is 10.2 Å². The van der Waals surface area contributed by atoms with Crippen molar-refractivity contribution in [2.75, 3.05) is 0 Å². The summed E-state index contributed by atoms with van der Waals surface area (Å²) in [4.78, 5) is 10.3. The Labute approximate surface area is 81.7 Å². The molecule has 0 aromatic carbocycles. The molecule has 1 fully saturated rings. The summed E-state index contributed by atoms with van der Waals surface area (Å²) in [5.41, 5.74) is 5.96. The van der Waals surface area contributed by atoms with E-state index in [4.69, 9.17) is 10.2 Å². The van der Waals surface area contributed by atoms with E-state index in [1.807, 2.05) is 0 Å². The number of hydrogen-bond acceptors (Lipinski definition) is 5. The van der Waals surface area contributed by atoms with Crippen LogP contribution in [0.25, 0.3) is 0 Å². The molecular formula is C9H13N3O2. The minimum absolute atomic E-state index is 0.00782. The summed E-state index contributed by atoms with van der Waals surface area (Å²) in [6.07, 6.45) is 5.19. The maximum Gasteiger partial charge on any atom is 0.280 e. The molecule has 0 spiro atoms. The van der Waals surface area contributed by atoms with E-state index in [0.29, 0.717) is 18.1 Å². The molecule has 5 heteroatoms. The van der Waals surface area contributed by atoms with Gasteiger partial charge < -0.3 is 10.2 Å². The zero-order valence-electron chi connectivity index (χ0n) is 7.85. The number of nitrogens with zero attached hydrogens (tertiary/aromatic N) is 2. The first-order valence-electron chi connectivity index (χ1n) is 4.85. The molecule has 1 aliphatic rings. The first kappa shape index (κ1) is 9.33. The quantitative estimate of drug-likeness (QED) is 0.729. The third-order valence-electron chi connectivity index (χ3n) is 2.75. The van der Waals surface area contributed by atoms with E-state index in [0.717, 1.165) is 12.8 Å². The van der Waals surface area contributed by atoms with Gasteiger partial charge in [-0.2, -0.15) is 0 Å². The molecule has 0 amide bonds. The topological polar surface area (TPSA) is 82.0 Å². The Morgan fingerprint density at radius 2 is 2.14 bits per heavy atom. The first-order valence-corrected chi connectivity index (χ1v) is 4.85. The minimum Gasteiger partial charge on any atom is -0.417 e. The van der Waals surface area contributed by atoms with Crippen LogP contribution in [0.4, 0.5) is 0 Å². The smallest absolute Gasteiger partial charge is 0.280 e. The second-order valence-corrected chi connectivity index (χ2v) is 3.67. The zero-order valence-corrected chi connectivity index (χ0v) is 7.85. The highest BCUT2D eigenvalue weighted by Gasteiger charge is 2.27. The van der Waals surface area contributed by atoms with Gasteiger partial charge in [-0.3, -0.25) is 4.79 Å². The van der Waals surface area contributed by atoms with Gasteiger partial charge in [0.05, 0.1) is 6.04 Å². The molecule has 1 aromatic rings. The van der Waals surface area contributed by atoms with Crippen molar-refractivity contribution >= 4 is 6.29 Å². The van der Waals surface area contributed by atoms with Crippen LogP contribution in [0.1, 0.15) is 48.3 Å². The number of carbonyl (C=O) groups is 1. The van der Waals surface area contributed by atoms with Crippen LogP contribution in [-0.2, 0) is 0 Å². The van der Waals surface area contributed by atoms with Gasteiger partial charge >= 0.3 is 0 Å². The van der Waals surface area contributed by atoms with Crippen molar-refractivity contribution in [3.05, 3.63) is 11.8 Å². The van der Waals surface area contributed by atoms with Crippen LogP contribution in [0.2, 0.25) is 0 Å². The van der Waals surface area contributed by atoms with Crippen LogP contribution in [0.3, 0.4) is 0 Å². The molecule has 1 saturated carbocycles. The Morgan fingerprint density at radius 1 is 1.43 bits per heavy atom. The second-order valence-electron chi connectivity index (χ2n) is 3.67. The number of carbonyl (C=O) groups excluding carboxylic acids is 1. The Balaban J connectivity index is 2.09. The van der Waals surface area contributed by atoms with Gasteiger partial charge in [0.25, 0.3) is 5.89 Å². The third-order valence-corrected chi connectivity index (χ3v) is 2.75. The minimum atomic E-state index is -0.210. The SMILES string of the molecule is NC(c1nnc(C=O)o1)C1CCCC1. The number of nitrogens with two attached hydrogens (primary N) is 1. The van der Waals surface area contributed by atoms with Gasteiger partial charge in [0, 0.05) is 0 Å². The van der Waals surface area contributed by atoms with E-state index in [2.05, 4.69) is 10.2 Å². The monoisotopic (exact) mass is 195 g/mol. The van der Waals surface area contributed by atoms with Gasteiger partial charge in [-0.05, 0) is 18.8 Å². The highest BCUT2D eigenvalue weighted by atomic mass is 16.4. The standard InChI is InChI=1S/C9H13N3O2/c10-8(6-3-1-2-4-6)9-12-11-7(5-13)14-9/h5-6,8H,1-4,10H2. The van der Waals surface area contributed by atoms with Crippen LogP contribution in [0.5, 0.6) is 0 Å². The van der Waals surface area contributed by atoms with Crippen LogP contribution < -0.4 is 5.73 Å². The van der Waals surface area contributed by atoms with Crippen LogP contribution in [0, 0.1) is 5.92 Å². The molecule has 1 unspecified atom stereocenters. The first-order chi connectivity index (χ1) is 6.81. The molecule has 0 radical (unpaired) electrons. The number of aromatic nitrogens is 2. The van der Waals surface area contributed by atoms with E-state index in [1.165, 1.54) is 12.8 Å². The van der Waals surface area contributed by atoms with Crippen molar-refractivity contribution in [2.24, 2.45) is 11.7 Å².